The van der Waals surface area contributed by atoms with Gasteiger partial charge in [0, 0.05) is 48.7 Å². The molecule has 0 aliphatic carbocycles. The number of nitrogens with one attached hydrogen (secondary N) is 2. The van der Waals surface area contributed by atoms with Gasteiger partial charge in [-0.2, -0.15) is 0 Å². The van der Waals surface area contributed by atoms with Gasteiger partial charge in [0.2, 0.25) is 11.8 Å². The van der Waals surface area contributed by atoms with Crippen molar-refractivity contribution >= 4 is 23.2 Å². The van der Waals surface area contributed by atoms with E-state index >= 15 is 0 Å². The van der Waals surface area contributed by atoms with Crippen LogP contribution in [-0.4, -0.2) is 39.8 Å². The molecule has 0 saturated carbocycles. The molecule has 0 spiro atoms. The zero-order chi connectivity index (χ0) is 24.1. The van der Waals surface area contributed by atoms with E-state index in [1.165, 1.54) is 0 Å². The summed E-state index contributed by atoms with van der Waals surface area (Å²) < 4.78 is 0. The molecule has 3 aromatic rings. The van der Waals surface area contributed by atoms with E-state index in [1.54, 1.807) is 4.90 Å². The Balaban J connectivity index is 1.27. The number of amides is 2. The molecule has 1 saturated heterocycles. The molecule has 1 aromatic heterocycles. The summed E-state index contributed by atoms with van der Waals surface area (Å²) >= 11 is 0. The second-order valence-electron chi connectivity index (χ2n) is 8.84. The zero-order valence-electron chi connectivity index (χ0n) is 19.9. The summed E-state index contributed by atoms with van der Waals surface area (Å²) in [6.45, 7) is 7.10. The lowest BCUT2D eigenvalue weighted by atomic mass is 10.1. The number of anilines is 2. The fourth-order valence-electron chi connectivity index (χ4n) is 4.34. The Morgan fingerprint density at radius 2 is 1.68 bits per heavy atom. The second-order valence-corrected chi connectivity index (χ2v) is 8.84. The molecule has 176 valence electrons. The molecule has 7 nitrogen and oxygen atoms in total. The molecule has 2 heterocycles. The number of aryl methyl sites for hydroxylation is 2. The standard InChI is InChI=1S/C27H31N5O2/c1-18-15-19(2)30-25(29-18)13-14-28-23-9-11-24(12-10-23)31-27(34)22-16-26(33)32(17-22)20(3)21-7-5-4-6-8-21/h4-12,15,20,22,28H,13-14,16-17H2,1-3H3,(H,31,34). The Kier molecular flexibility index (Phi) is 7.21. The van der Waals surface area contributed by atoms with Crippen molar-refractivity contribution in [2.45, 2.75) is 39.7 Å². The number of carbonyl (C=O) groups is 2. The maximum absolute atomic E-state index is 12.8. The van der Waals surface area contributed by atoms with Crippen LogP contribution in [-0.2, 0) is 16.0 Å². The number of carbonyl (C=O) groups excluding carboxylic acids is 2. The van der Waals surface area contributed by atoms with Crippen molar-refractivity contribution in [2.75, 3.05) is 23.7 Å². The van der Waals surface area contributed by atoms with Crippen molar-refractivity contribution in [1.29, 1.82) is 0 Å². The number of likely N-dealkylation sites (tertiary alicyclic amines) is 1. The predicted octanol–water partition coefficient (Wildman–Crippen LogP) is 4.30. The number of benzene rings is 2. The highest BCUT2D eigenvalue weighted by Gasteiger charge is 2.37. The van der Waals surface area contributed by atoms with Crippen LogP contribution in [0.5, 0.6) is 0 Å². The minimum Gasteiger partial charge on any atom is -0.385 e. The first-order valence-corrected chi connectivity index (χ1v) is 11.7. The molecular formula is C27H31N5O2. The van der Waals surface area contributed by atoms with Crippen molar-refractivity contribution in [2.24, 2.45) is 5.92 Å². The molecule has 2 aromatic carbocycles. The third-order valence-electron chi connectivity index (χ3n) is 6.14. The van der Waals surface area contributed by atoms with Crippen LogP contribution in [0.2, 0.25) is 0 Å². The monoisotopic (exact) mass is 457 g/mol. The maximum atomic E-state index is 12.8. The maximum Gasteiger partial charge on any atom is 0.229 e. The molecule has 2 unspecified atom stereocenters. The zero-order valence-corrected chi connectivity index (χ0v) is 19.9. The highest BCUT2D eigenvalue weighted by Crippen LogP contribution is 2.29. The van der Waals surface area contributed by atoms with E-state index in [4.69, 9.17) is 0 Å². The quantitative estimate of drug-likeness (QED) is 0.527. The number of hydrogen-bond acceptors (Lipinski definition) is 5. The van der Waals surface area contributed by atoms with E-state index in [1.807, 2.05) is 81.4 Å². The Morgan fingerprint density at radius 1 is 1.03 bits per heavy atom. The molecule has 0 radical (unpaired) electrons. The molecule has 1 aliphatic heterocycles. The molecule has 2 atom stereocenters. The van der Waals surface area contributed by atoms with Crippen LogP contribution in [0.25, 0.3) is 0 Å². The normalized spacial score (nSPS) is 16.4. The van der Waals surface area contributed by atoms with Crippen molar-refractivity contribution in [3.05, 3.63) is 83.4 Å². The van der Waals surface area contributed by atoms with Crippen molar-refractivity contribution in [3.8, 4) is 0 Å². The Hall–Kier alpha value is -3.74. The van der Waals surface area contributed by atoms with Crippen LogP contribution in [0.4, 0.5) is 11.4 Å². The number of nitrogens with zero attached hydrogens (tertiary/aromatic N) is 3. The third kappa shape index (κ3) is 5.78. The summed E-state index contributed by atoms with van der Waals surface area (Å²) in [6.07, 6.45) is 0.970. The molecular weight excluding hydrogens is 426 g/mol. The van der Waals surface area contributed by atoms with Gasteiger partial charge in [0.25, 0.3) is 0 Å². The van der Waals surface area contributed by atoms with Gasteiger partial charge in [-0.3, -0.25) is 9.59 Å². The SMILES string of the molecule is Cc1cc(C)nc(CCNc2ccc(NC(=O)C3CC(=O)N(C(C)c4ccccc4)C3)cc2)n1. The summed E-state index contributed by atoms with van der Waals surface area (Å²) in [4.78, 5) is 36.1. The van der Waals surface area contributed by atoms with Gasteiger partial charge >= 0.3 is 0 Å². The van der Waals surface area contributed by atoms with Gasteiger partial charge < -0.3 is 15.5 Å². The van der Waals surface area contributed by atoms with Crippen LogP contribution in [0.3, 0.4) is 0 Å². The Bertz CT molecular complexity index is 1130. The van der Waals surface area contributed by atoms with Gasteiger partial charge in [-0.1, -0.05) is 30.3 Å². The summed E-state index contributed by atoms with van der Waals surface area (Å²) in [5, 5.41) is 6.32. The van der Waals surface area contributed by atoms with Gasteiger partial charge in [-0.15, -0.1) is 0 Å². The Labute approximate surface area is 200 Å². The van der Waals surface area contributed by atoms with E-state index < -0.39 is 0 Å². The number of rotatable bonds is 8. The van der Waals surface area contributed by atoms with E-state index in [0.717, 1.165) is 40.6 Å². The van der Waals surface area contributed by atoms with Crippen LogP contribution in [0.1, 0.15) is 42.2 Å². The summed E-state index contributed by atoms with van der Waals surface area (Å²) in [6, 6.07) is 19.4. The molecule has 2 N–H and O–H groups in total. The lowest BCUT2D eigenvalue weighted by Gasteiger charge is -2.25. The van der Waals surface area contributed by atoms with Crippen LogP contribution in [0, 0.1) is 19.8 Å². The summed E-state index contributed by atoms with van der Waals surface area (Å²) in [5.74, 6) is 0.373. The predicted molar refractivity (Wildman–Crippen MR) is 133 cm³/mol. The Morgan fingerprint density at radius 3 is 2.35 bits per heavy atom. The fourth-order valence-corrected chi connectivity index (χ4v) is 4.34. The topological polar surface area (TPSA) is 87.2 Å². The first-order valence-electron chi connectivity index (χ1n) is 11.7. The van der Waals surface area contributed by atoms with Crippen LogP contribution >= 0.6 is 0 Å². The number of hydrogen-bond donors (Lipinski definition) is 2. The third-order valence-corrected chi connectivity index (χ3v) is 6.14. The molecule has 34 heavy (non-hydrogen) atoms. The molecule has 4 rings (SSSR count). The minimum absolute atomic E-state index is 0.0174. The lowest BCUT2D eigenvalue weighted by Crippen LogP contribution is -2.30. The van der Waals surface area contributed by atoms with Gasteiger partial charge in [0.05, 0.1) is 12.0 Å². The van der Waals surface area contributed by atoms with Gasteiger partial charge in [-0.05, 0) is 56.7 Å². The van der Waals surface area contributed by atoms with E-state index in [0.29, 0.717) is 13.1 Å². The summed E-state index contributed by atoms with van der Waals surface area (Å²) in [7, 11) is 0. The van der Waals surface area contributed by atoms with Gasteiger partial charge in [0.1, 0.15) is 5.82 Å². The first kappa shape index (κ1) is 23.4. The van der Waals surface area contributed by atoms with Crippen LogP contribution in [0.15, 0.2) is 60.7 Å². The van der Waals surface area contributed by atoms with E-state index in [2.05, 4.69) is 20.6 Å². The van der Waals surface area contributed by atoms with E-state index in [-0.39, 0.29) is 30.2 Å². The highest BCUT2D eigenvalue weighted by molar-refractivity contribution is 5.97. The molecule has 2 amide bonds. The fraction of sp³-hybridized carbons (Fsp3) is 0.333. The second kappa shape index (κ2) is 10.5. The van der Waals surface area contributed by atoms with Crippen molar-refractivity contribution in [3.63, 3.8) is 0 Å². The average molecular weight is 458 g/mol. The van der Waals surface area contributed by atoms with Crippen molar-refractivity contribution < 1.29 is 9.59 Å². The molecule has 1 fully saturated rings. The van der Waals surface area contributed by atoms with E-state index in [9.17, 15) is 9.59 Å². The highest BCUT2D eigenvalue weighted by atomic mass is 16.2. The molecule has 0 bridgehead atoms. The largest absolute Gasteiger partial charge is 0.385 e. The lowest BCUT2D eigenvalue weighted by molar-refractivity contribution is -0.129. The van der Waals surface area contributed by atoms with Crippen molar-refractivity contribution in [1.82, 2.24) is 14.9 Å². The van der Waals surface area contributed by atoms with Gasteiger partial charge in [0.15, 0.2) is 0 Å². The average Bonchev–Trinajstić information content (AvgIpc) is 3.21. The first-order chi connectivity index (χ1) is 16.4. The summed E-state index contributed by atoms with van der Waals surface area (Å²) in [5.41, 5.74) is 4.70. The minimum atomic E-state index is -0.353. The number of aromatic nitrogens is 2. The smallest absolute Gasteiger partial charge is 0.229 e. The van der Waals surface area contributed by atoms with Crippen LogP contribution < -0.4 is 10.6 Å². The molecule has 1 aliphatic rings. The molecule has 7 heteroatoms. The van der Waals surface area contributed by atoms with Gasteiger partial charge in [-0.25, -0.2) is 9.97 Å².